The molecular formula is C26H35N5O5. The molecule has 1 aliphatic carbocycles. The lowest BCUT2D eigenvalue weighted by Crippen LogP contribution is -2.65. The summed E-state index contributed by atoms with van der Waals surface area (Å²) in [6.45, 7) is 4.46. The summed E-state index contributed by atoms with van der Waals surface area (Å²) in [5, 5.41) is 10.4. The summed E-state index contributed by atoms with van der Waals surface area (Å²) in [6.07, 6.45) is 5.76. The van der Waals surface area contributed by atoms with Crippen LogP contribution in [0.1, 0.15) is 73.3 Å². The van der Waals surface area contributed by atoms with Crippen molar-refractivity contribution in [3.05, 3.63) is 35.7 Å². The Morgan fingerprint density at radius 2 is 1.92 bits per heavy atom. The molecule has 0 spiro atoms. The maximum absolute atomic E-state index is 13.6. The van der Waals surface area contributed by atoms with E-state index in [0.29, 0.717) is 29.4 Å². The van der Waals surface area contributed by atoms with Gasteiger partial charge < -0.3 is 25.0 Å². The molecule has 0 radical (unpaired) electrons. The Labute approximate surface area is 211 Å². The molecule has 36 heavy (non-hydrogen) atoms. The Kier molecular flexibility index (Phi) is 7.51. The monoisotopic (exact) mass is 497 g/mol. The zero-order valence-corrected chi connectivity index (χ0v) is 21.4. The molecule has 1 fully saturated rings. The average molecular weight is 498 g/mol. The Morgan fingerprint density at radius 1 is 1.17 bits per heavy atom. The number of amides is 3. The molecule has 2 heterocycles. The number of fused-ring (bicyclic) bond motifs is 1. The first kappa shape index (κ1) is 25.5. The number of hydrogen-bond acceptors (Lipinski definition) is 6. The van der Waals surface area contributed by atoms with E-state index in [2.05, 4.69) is 15.7 Å². The lowest BCUT2D eigenvalue weighted by molar-refractivity contribution is -0.133. The summed E-state index contributed by atoms with van der Waals surface area (Å²) in [7, 11) is 3.04. The highest BCUT2D eigenvalue weighted by atomic mass is 16.5. The van der Waals surface area contributed by atoms with Gasteiger partial charge in [0.05, 0.1) is 26.5 Å². The molecule has 4 rings (SSSR count). The molecule has 1 aliphatic heterocycles. The van der Waals surface area contributed by atoms with Crippen LogP contribution in [0.2, 0.25) is 0 Å². The third-order valence-corrected chi connectivity index (χ3v) is 7.10. The van der Waals surface area contributed by atoms with Gasteiger partial charge in [-0.2, -0.15) is 5.10 Å². The molecule has 0 bridgehead atoms. The second-order valence-corrected chi connectivity index (χ2v) is 9.63. The molecule has 1 atom stereocenters. The Morgan fingerprint density at radius 3 is 2.58 bits per heavy atom. The zero-order chi connectivity index (χ0) is 25.9. The predicted molar refractivity (Wildman–Crippen MR) is 134 cm³/mol. The molecule has 2 aromatic rings. The fraction of sp³-hybridized carbons (Fsp3) is 0.538. The van der Waals surface area contributed by atoms with Crippen LogP contribution in [0.3, 0.4) is 0 Å². The van der Waals surface area contributed by atoms with Crippen molar-refractivity contribution in [1.82, 2.24) is 20.0 Å². The number of hydrogen-bond donors (Lipinski definition) is 2. The smallest absolute Gasteiger partial charge is 0.276 e. The zero-order valence-electron chi connectivity index (χ0n) is 21.4. The number of methoxy groups -OCH3 is 2. The highest BCUT2D eigenvalue weighted by Crippen LogP contribution is 2.31. The first-order valence-corrected chi connectivity index (χ1v) is 12.5. The molecule has 10 nitrogen and oxygen atoms in total. The molecule has 2 aliphatic rings. The molecule has 10 heteroatoms. The Balaban J connectivity index is 1.61. The number of anilines is 1. The third kappa shape index (κ3) is 4.89. The number of ether oxygens (including phenoxy) is 2. The van der Waals surface area contributed by atoms with E-state index >= 15 is 0 Å². The van der Waals surface area contributed by atoms with Crippen molar-refractivity contribution in [2.75, 3.05) is 26.1 Å². The standard InChI is InChI=1S/C26H35N5O5/c1-5-6-13-30-24(33)21-15-20(23(32)28-19-14-18(35-3)11-12-22(19)36-4)29-31(21)16-26(30,2)25(34)27-17-9-7-8-10-17/h11-12,14-15,17H,5-10,13,16H2,1-4H3,(H,27,34)(H,28,32). The highest BCUT2D eigenvalue weighted by Gasteiger charge is 2.48. The number of carbonyl (C=O) groups is 3. The van der Waals surface area contributed by atoms with Crippen LogP contribution in [0, 0.1) is 0 Å². The SMILES string of the molecule is CCCCN1C(=O)c2cc(C(=O)Nc3cc(OC)ccc3OC)nn2CC1(C)C(=O)NC1CCCC1. The highest BCUT2D eigenvalue weighted by molar-refractivity contribution is 6.06. The number of nitrogens with zero attached hydrogens (tertiary/aromatic N) is 3. The fourth-order valence-corrected chi connectivity index (χ4v) is 4.93. The van der Waals surface area contributed by atoms with Crippen LogP contribution < -0.4 is 20.1 Å². The number of carbonyl (C=O) groups excluding carboxylic acids is 3. The van der Waals surface area contributed by atoms with Gasteiger partial charge in [-0.3, -0.25) is 19.1 Å². The van der Waals surface area contributed by atoms with Gasteiger partial charge in [-0.25, -0.2) is 0 Å². The van der Waals surface area contributed by atoms with Crippen molar-refractivity contribution in [2.45, 2.75) is 70.5 Å². The minimum Gasteiger partial charge on any atom is -0.497 e. The number of aromatic nitrogens is 2. The number of nitrogens with one attached hydrogen (secondary N) is 2. The van der Waals surface area contributed by atoms with Gasteiger partial charge in [-0.05, 0) is 38.3 Å². The molecule has 1 saturated carbocycles. The van der Waals surface area contributed by atoms with Crippen LogP contribution in [-0.4, -0.2) is 64.7 Å². The van der Waals surface area contributed by atoms with Crippen molar-refractivity contribution < 1.29 is 23.9 Å². The van der Waals surface area contributed by atoms with Crippen molar-refractivity contribution >= 4 is 23.4 Å². The summed E-state index contributed by atoms with van der Waals surface area (Å²) in [5.41, 5.74) is -0.305. The van der Waals surface area contributed by atoms with E-state index in [9.17, 15) is 14.4 Å². The van der Waals surface area contributed by atoms with Crippen LogP contribution in [0.5, 0.6) is 11.5 Å². The van der Waals surface area contributed by atoms with Gasteiger partial charge in [0.2, 0.25) is 5.91 Å². The second kappa shape index (κ2) is 10.6. The molecular weight excluding hydrogens is 462 g/mol. The normalized spacial score (nSPS) is 19.7. The lowest BCUT2D eigenvalue weighted by Gasteiger charge is -2.43. The van der Waals surface area contributed by atoms with Crippen LogP contribution in [0.25, 0.3) is 0 Å². The second-order valence-electron chi connectivity index (χ2n) is 9.63. The summed E-state index contributed by atoms with van der Waals surface area (Å²) >= 11 is 0. The predicted octanol–water partition coefficient (Wildman–Crippen LogP) is 3.23. The van der Waals surface area contributed by atoms with Crippen LogP contribution >= 0.6 is 0 Å². The van der Waals surface area contributed by atoms with E-state index in [4.69, 9.17) is 9.47 Å². The molecule has 1 aromatic carbocycles. The molecule has 2 N–H and O–H groups in total. The maximum atomic E-state index is 13.6. The molecule has 3 amide bonds. The van der Waals surface area contributed by atoms with Gasteiger partial charge >= 0.3 is 0 Å². The topological polar surface area (TPSA) is 115 Å². The van der Waals surface area contributed by atoms with Crippen LogP contribution in [-0.2, 0) is 11.3 Å². The van der Waals surface area contributed by atoms with E-state index in [-0.39, 0.29) is 30.1 Å². The average Bonchev–Trinajstić information content (AvgIpc) is 3.54. The fourth-order valence-electron chi connectivity index (χ4n) is 4.93. The van der Waals surface area contributed by atoms with Gasteiger partial charge in [-0.15, -0.1) is 0 Å². The van der Waals surface area contributed by atoms with E-state index in [0.717, 1.165) is 38.5 Å². The molecule has 194 valence electrons. The lowest BCUT2D eigenvalue weighted by atomic mass is 9.94. The number of rotatable bonds is 9. The summed E-state index contributed by atoms with van der Waals surface area (Å²) in [6, 6.07) is 6.68. The van der Waals surface area contributed by atoms with Crippen molar-refractivity contribution in [1.29, 1.82) is 0 Å². The minimum absolute atomic E-state index is 0.0825. The van der Waals surface area contributed by atoms with Gasteiger partial charge in [0.25, 0.3) is 11.8 Å². The number of benzene rings is 1. The molecule has 1 unspecified atom stereocenters. The quantitative estimate of drug-likeness (QED) is 0.550. The first-order chi connectivity index (χ1) is 17.3. The van der Waals surface area contributed by atoms with E-state index in [1.165, 1.54) is 25.0 Å². The largest absolute Gasteiger partial charge is 0.497 e. The van der Waals surface area contributed by atoms with Crippen molar-refractivity contribution in [3.63, 3.8) is 0 Å². The van der Waals surface area contributed by atoms with Crippen molar-refractivity contribution in [2.24, 2.45) is 0 Å². The van der Waals surface area contributed by atoms with Gasteiger partial charge in [0.1, 0.15) is 22.7 Å². The Hall–Kier alpha value is -3.56. The van der Waals surface area contributed by atoms with Gasteiger partial charge in [0.15, 0.2) is 5.69 Å². The summed E-state index contributed by atoms with van der Waals surface area (Å²) in [4.78, 5) is 41.8. The third-order valence-electron chi connectivity index (χ3n) is 7.10. The first-order valence-electron chi connectivity index (χ1n) is 12.5. The minimum atomic E-state index is -1.10. The van der Waals surface area contributed by atoms with Gasteiger partial charge in [-0.1, -0.05) is 26.2 Å². The summed E-state index contributed by atoms with van der Waals surface area (Å²) in [5.74, 6) is 0.0528. The van der Waals surface area contributed by atoms with E-state index < -0.39 is 11.4 Å². The number of unbranched alkanes of at least 4 members (excludes halogenated alkanes) is 1. The maximum Gasteiger partial charge on any atom is 0.276 e. The van der Waals surface area contributed by atoms with Crippen molar-refractivity contribution in [3.8, 4) is 11.5 Å². The van der Waals surface area contributed by atoms with Crippen LogP contribution in [0.4, 0.5) is 5.69 Å². The van der Waals surface area contributed by atoms with Crippen LogP contribution in [0.15, 0.2) is 24.3 Å². The van der Waals surface area contributed by atoms with Gasteiger partial charge in [0, 0.05) is 24.7 Å². The van der Waals surface area contributed by atoms with E-state index in [1.807, 2.05) is 6.92 Å². The molecule has 1 aromatic heterocycles. The van der Waals surface area contributed by atoms with E-state index in [1.54, 1.807) is 30.0 Å². The summed E-state index contributed by atoms with van der Waals surface area (Å²) < 4.78 is 12.1. The molecule has 0 saturated heterocycles. The Bertz CT molecular complexity index is 1140.